The molecule has 0 radical (unpaired) electrons. The zero-order valence-corrected chi connectivity index (χ0v) is 13.7. The largest absolute Gasteiger partial charge is 0.490 e. The van der Waals surface area contributed by atoms with Gasteiger partial charge in [-0.1, -0.05) is 31.4 Å². The van der Waals surface area contributed by atoms with Crippen LogP contribution < -0.4 is 15.4 Å². The maximum Gasteiger partial charge on any atom is 0.227 e. The summed E-state index contributed by atoms with van der Waals surface area (Å²) in [5.74, 6) is 1.00. The van der Waals surface area contributed by atoms with E-state index in [1.54, 1.807) is 0 Å². The van der Waals surface area contributed by atoms with Crippen LogP contribution in [0.5, 0.6) is 5.75 Å². The number of hydrogen-bond acceptors (Lipinski definition) is 3. The Morgan fingerprint density at radius 1 is 1.23 bits per heavy atom. The number of benzene rings is 1. The third-order valence-electron chi connectivity index (χ3n) is 4.90. The molecule has 1 aromatic rings. The van der Waals surface area contributed by atoms with Crippen LogP contribution in [0.1, 0.15) is 38.5 Å². The smallest absolute Gasteiger partial charge is 0.227 e. The van der Waals surface area contributed by atoms with Crippen LogP contribution >= 0.6 is 12.4 Å². The lowest BCUT2D eigenvalue weighted by molar-refractivity contribution is -0.121. The molecular weight excluding hydrogens is 300 g/mol. The molecule has 2 aliphatic rings. The van der Waals surface area contributed by atoms with Gasteiger partial charge in [0.1, 0.15) is 12.4 Å². The molecule has 0 saturated heterocycles. The van der Waals surface area contributed by atoms with E-state index in [1.165, 1.54) is 19.3 Å². The minimum absolute atomic E-state index is 0. The second-order valence-electron chi connectivity index (χ2n) is 6.30. The summed E-state index contributed by atoms with van der Waals surface area (Å²) >= 11 is 0. The van der Waals surface area contributed by atoms with E-state index in [9.17, 15) is 4.79 Å². The Balaban J connectivity index is 0.00000176. The highest BCUT2D eigenvalue weighted by Crippen LogP contribution is 2.40. The van der Waals surface area contributed by atoms with Gasteiger partial charge in [-0.15, -0.1) is 12.4 Å². The van der Waals surface area contributed by atoms with Crippen molar-refractivity contribution in [3.63, 3.8) is 0 Å². The average molecular weight is 325 g/mol. The zero-order chi connectivity index (χ0) is 14.7. The fourth-order valence-corrected chi connectivity index (χ4v) is 3.60. The number of nitrogens with two attached hydrogens (primary N) is 1. The van der Waals surface area contributed by atoms with Gasteiger partial charge in [-0.2, -0.15) is 0 Å². The lowest BCUT2D eigenvalue weighted by atomic mass is 9.71. The number of rotatable bonds is 3. The van der Waals surface area contributed by atoms with Crippen molar-refractivity contribution in [1.82, 2.24) is 0 Å². The minimum atomic E-state index is 0. The molecule has 122 valence electrons. The molecule has 1 heterocycles. The summed E-state index contributed by atoms with van der Waals surface area (Å²) in [7, 11) is 0. The molecule has 1 saturated carbocycles. The average Bonchev–Trinajstić information content (AvgIpc) is 2.55. The van der Waals surface area contributed by atoms with Crippen molar-refractivity contribution in [2.24, 2.45) is 11.1 Å². The number of ether oxygens (including phenoxy) is 1. The quantitative estimate of drug-likeness (QED) is 0.929. The van der Waals surface area contributed by atoms with E-state index < -0.39 is 0 Å². The van der Waals surface area contributed by atoms with Crippen molar-refractivity contribution in [1.29, 1.82) is 0 Å². The highest BCUT2D eigenvalue weighted by atomic mass is 35.5. The van der Waals surface area contributed by atoms with Gasteiger partial charge in [0.15, 0.2) is 0 Å². The summed E-state index contributed by atoms with van der Waals surface area (Å²) in [6.07, 6.45) is 6.41. The number of halogens is 1. The summed E-state index contributed by atoms with van der Waals surface area (Å²) in [5, 5.41) is 0. The van der Waals surface area contributed by atoms with Crippen LogP contribution in [0.4, 0.5) is 5.69 Å². The van der Waals surface area contributed by atoms with Crippen LogP contribution in [0.2, 0.25) is 0 Å². The molecule has 1 aliphatic heterocycles. The van der Waals surface area contributed by atoms with Gasteiger partial charge in [0, 0.05) is 6.42 Å². The zero-order valence-electron chi connectivity index (χ0n) is 12.9. The number of amides is 1. The maximum atomic E-state index is 12.8. The summed E-state index contributed by atoms with van der Waals surface area (Å²) in [4.78, 5) is 14.7. The van der Waals surface area contributed by atoms with Crippen molar-refractivity contribution >= 4 is 24.0 Å². The molecular formula is C17H25ClN2O2. The highest BCUT2D eigenvalue weighted by Gasteiger charge is 2.35. The lowest BCUT2D eigenvalue weighted by Gasteiger charge is -2.38. The summed E-state index contributed by atoms with van der Waals surface area (Å²) in [6, 6.07) is 7.78. The first-order chi connectivity index (χ1) is 10.2. The summed E-state index contributed by atoms with van der Waals surface area (Å²) in [5.41, 5.74) is 6.93. The molecule has 0 bridgehead atoms. The number of anilines is 1. The van der Waals surface area contributed by atoms with Crippen molar-refractivity contribution in [3.8, 4) is 5.75 Å². The maximum absolute atomic E-state index is 12.8. The second-order valence-corrected chi connectivity index (χ2v) is 6.30. The summed E-state index contributed by atoms with van der Waals surface area (Å²) < 4.78 is 5.63. The number of hydrogen-bond donors (Lipinski definition) is 1. The molecule has 0 spiro atoms. The molecule has 0 aromatic heterocycles. The molecule has 4 nitrogen and oxygen atoms in total. The Hall–Kier alpha value is -1.26. The predicted octanol–water partition coefficient (Wildman–Crippen LogP) is 3.13. The molecule has 1 amide bonds. The van der Waals surface area contributed by atoms with Crippen molar-refractivity contribution in [2.45, 2.75) is 38.5 Å². The monoisotopic (exact) mass is 324 g/mol. The Morgan fingerprint density at radius 2 is 1.95 bits per heavy atom. The predicted molar refractivity (Wildman–Crippen MR) is 90.7 cm³/mol. The van der Waals surface area contributed by atoms with Gasteiger partial charge in [-0.3, -0.25) is 4.79 Å². The van der Waals surface area contributed by atoms with Gasteiger partial charge in [0.25, 0.3) is 0 Å². The van der Waals surface area contributed by atoms with E-state index in [0.29, 0.717) is 26.1 Å². The first kappa shape index (κ1) is 17.1. The van der Waals surface area contributed by atoms with Gasteiger partial charge in [-0.25, -0.2) is 0 Å². The van der Waals surface area contributed by atoms with Gasteiger partial charge < -0.3 is 15.4 Å². The molecule has 22 heavy (non-hydrogen) atoms. The third kappa shape index (κ3) is 3.39. The van der Waals surface area contributed by atoms with E-state index >= 15 is 0 Å². The van der Waals surface area contributed by atoms with Crippen molar-refractivity contribution < 1.29 is 9.53 Å². The van der Waals surface area contributed by atoms with Gasteiger partial charge in [0.05, 0.1) is 12.2 Å². The van der Waals surface area contributed by atoms with Crippen molar-refractivity contribution in [3.05, 3.63) is 24.3 Å². The number of fused-ring (bicyclic) bond motifs is 1. The van der Waals surface area contributed by atoms with Crippen LogP contribution in [0, 0.1) is 5.41 Å². The Bertz CT molecular complexity index is 515. The van der Waals surface area contributed by atoms with Crippen LogP contribution in [-0.2, 0) is 4.79 Å². The standard InChI is InChI=1S/C17H24N2O2.ClH/c18-13-17(8-4-1-5-9-17)12-16(20)19-10-11-21-15-7-3-2-6-14(15)19;/h2-3,6-7H,1,4-5,8-13,18H2;1H. The molecule has 0 atom stereocenters. The molecule has 2 N–H and O–H groups in total. The molecule has 3 rings (SSSR count). The molecule has 5 heteroatoms. The van der Waals surface area contributed by atoms with Crippen molar-refractivity contribution in [2.75, 3.05) is 24.6 Å². The SMILES string of the molecule is Cl.NCC1(CC(=O)N2CCOc3ccccc32)CCCCC1. The minimum Gasteiger partial charge on any atom is -0.490 e. The van der Waals surface area contributed by atoms with Crippen LogP contribution in [0.15, 0.2) is 24.3 Å². The van der Waals surface area contributed by atoms with E-state index in [1.807, 2.05) is 29.2 Å². The third-order valence-corrected chi connectivity index (χ3v) is 4.90. The van der Waals surface area contributed by atoms with E-state index in [0.717, 1.165) is 24.3 Å². The van der Waals surface area contributed by atoms with Crippen LogP contribution in [0.25, 0.3) is 0 Å². The number of carbonyl (C=O) groups is 1. The Morgan fingerprint density at radius 3 is 2.68 bits per heavy atom. The molecule has 1 fully saturated rings. The number of carbonyl (C=O) groups excluding carboxylic acids is 1. The van der Waals surface area contributed by atoms with E-state index in [2.05, 4.69) is 0 Å². The van der Waals surface area contributed by atoms with E-state index in [4.69, 9.17) is 10.5 Å². The fourth-order valence-electron chi connectivity index (χ4n) is 3.60. The second kappa shape index (κ2) is 7.34. The highest BCUT2D eigenvalue weighted by molar-refractivity contribution is 5.95. The fraction of sp³-hybridized carbons (Fsp3) is 0.588. The summed E-state index contributed by atoms with van der Waals surface area (Å²) in [6.45, 7) is 1.82. The van der Waals surface area contributed by atoms with Gasteiger partial charge in [-0.05, 0) is 36.9 Å². The van der Waals surface area contributed by atoms with Gasteiger partial charge in [0.2, 0.25) is 5.91 Å². The lowest BCUT2D eigenvalue weighted by Crippen LogP contribution is -2.43. The van der Waals surface area contributed by atoms with Crippen LogP contribution in [0.3, 0.4) is 0 Å². The van der Waals surface area contributed by atoms with E-state index in [-0.39, 0.29) is 23.7 Å². The number of nitrogens with zero attached hydrogens (tertiary/aromatic N) is 1. The van der Waals surface area contributed by atoms with Crippen LogP contribution in [-0.4, -0.2) is 25.6 Å². The first-order valence-corrected chi connectivity index (χ1v) is 7.96. The normalized spacial score (nSPS) is 19.6. The molecule has 1 aromatic carbocycles. The molecule has 0 unspecified atom stereocenters. The van der Waals surface area contributed by atoms with Gasteiger partial charge >= 0.3 is 0 Å². The first-order valence-electron chi connectivity index (χ1n) is 7.96. The topological polar surface area (TPSA) is 55.6 Å². The Labute approximate surface area is 138 Å². The Kier molecular flexibility index (Phi) is 5.70. The molecule has 1 aliphatic carbocycles. The number of para-hydroxylation sites is 2.